The highest BCUT2D eigenvalue weighted by Gasteiger charge is 2.20. The van der Waals surface area contributed by atoms with Gasteiger partial charge in [-0.1, -0.05) is 17.7 Å². The monoisotopic (exact) mass is 291 g/mol. The molecule has 2 aromatic rings. The normalized spacial score (nSPS) is 22.7. The molecule has 0 aliphatic heterocycles. The van der Waals surface area contributed by atoms with Crippen molar-refractivity contribution in [1.82, 2.24) is 9.78 Å². The summed E-state index contributed by atoms with van der Waals surface area (Å²) in [7, 11) is 0. The van der Waals surface area contributed by atoms with Gasteiger partial charge in [0, 0.05) is 18.4 Å². The summed E-state index contributed by atoms with van der Waals surface area (Å²) in [4.78, 5) is 0. The molecule has 3 rings (SSSR count). The van der Waals surface area contributed by atoms with Crippen LogP contribution in [0.2, 0.25) is 5.02 Å². The molecule has 4 nitrogen and oxygen atoms in total. The average Bonchev–Trinajstić information content (AvgIpc) is 2.95. The fourth-order valence-electron chi connectivity index (χ4n) is 2.71. The molecule has 1 aromatic carbocycles. The molecule has 0 unspecified atom stereocenters. The molecule has 1 heterocycles. The molecule has 106 valence electrons. The van der Waals surface area contributed by atoms with Gasteiger partial charge in [-0.3, -0.25) is 0 Å². The number of hydrogen-bond acceptors (Lipinski definition) is 3. The highest BCUT2D eigenvalue weighted by atomic mass is 35.5. The summed E-state index contributed by atoms with van der Waals surface area (Å²) in [6, 6.07) is 8.09. The first-order valence-corrected chi connectivity index (χ1v) is 7.35. The predicted molar refractivity (Wildman–Crippen MR) is 80.5 cm³/mol. The van der Waals surface area contributed by atoms with Crippen LogP contribution in [0.25, 0.3) is 5.69 Å². The van der Waals surface area contributed by atoms with Crippen LogP contribution in [0.4, 0.5) is 5.69 Å². The van der Waals surface area contributed by atoms with Crippen molar-refractivity contribution in [3.63, 3.8) is 0 Å². The lowest BCUT2D eigenvalue weighted by atomic mass is 9.93. The summed E-state index contributed by atoms with van der Waals surface area (Å²) >= 11 is 6.32. The first kappa shape index (κ1) is 13.5. The van der Waals surface area contributed by atoms with Crippen LogP contribution in [0, 0.1) is 0 Å². The number of nitrogens with zero attached hydrogens (tertiary/aromatic N) is 2. The maximum atomic E-state index is 9.58. The molecule has 0 spiro atoms. The van der Waals surface area contributed by atoms with Crippen molar-refractivity contribution < 1.29 is 5.11 Å². The van der Waals surface area contributed by atoms with Crippen molar-refractivity contribution in [2.24, 2.45) is 0 Å². The summed E-state index contributed by atoms with van der Waals surface area (Å²) in [5.74, 6) is 0. The zero-order valence-electron chi connectivity index (χ0n) is 11.2. The maximum absolute atomic E-state index is 9.58. The highest BCUT2D eigenvalue weighted by Crippen LogP contribution is 2.30. The number of benzene rings is 1. The molecule has 0 saturated heterocycles. The summed E-state index contributed by atoms with van der Waals surface area (Å²) < 4.78 is 1.78. The lowest BCUT2D eigenvalue weighted by Gasteiger charge is -2.28. The number of para-hydroxylation sites is 1. The third kappa shape index (κ3) is 2.81. The van der Waals surface area contributed by atoms with Crippen LogP contribution in [0.5, 0.6) is 0 Å². The molecule has 20 heavy (non-hydrogen) atoms. The van der Waals surface area contributed by atoms with E-state index in [2.05, 4.69) is 10.4 Å². The van der Waals surface area contributed by atoms with Gasteiger partial charge in [0.25, 0.3) is 0 Å². The van der Waals surface area contributed by atoms with Gasteiger partial charge in [-0.2, -0.15) is 5.10 Å². The fourth-order valence-corrected chi connectivity index (χ4v) is 2.97. The van der Waals surface area contributed by atoms with Gasteiger partial charge in [0.1, 0.15) is 5.69 Å². The second-order valence-electron chi connectivity index (χ2n) is 5.24. The SMILES string of the molecule is OC1CCC(Nc2cccc(Cl)c2-n2cccn2)CC1. The van der Waals surface area contributed by atoms with Crippen molar-refractivity contribution in [2.45, 2.75) is 37.8 Å². The minimum Gasteiger partial charge on any atom is -0.393 e. The molecule has 1 aromatic heterocycles. The molecule has 0 amide bonds. The van der Waals surface area contributed by atoms with Gasteiger partial charge in [-0.15, -0.1) is 0 Å². The van der Waals surface area contributed by atoms with E-state index < -0.39 is 0 Å². The number of aliphatic hydroxyl groups is 1. The van der Waals surface area contributed by atoms with Crippen LogP contribution in [0.3, 0.4) is 0 Å². The Kier molecular flexibility index (Phi) is 3.94. The van der Waals surface area contributed by atoms with Gasteiger partial charge in [0.15, 0.2) is 0 Å². The Morgan fingerprint density at radius 2 is 2.00 bits per heavy atom. The quantitative estimate of drug-likeness (QED) is 0.913. The van der Waals surface area contributed by atoms with E-state index in [1.165, 1.54) is 0 Å². The Balaban J connectivity index is 1.85. The Bertz CT molecular complexity index is 563. The third-order valence-electron chi connectivity index (χ3n) is 3.78. The van der Waals surface area contributed by atoms with Gasteiger partial charge in [0.2, 0.25) is 0 Å². The standard InChI is InChI=1S/C15H18ClN3O/c16-13-3-1-4-14(15(13)19-10-2-9-17-19)18-11-5-7-12(20)8-6-11/h1-4,9-12,18,20H,5-8H2. The van der Waals surface area contributed by atoms with E-state index in [0.29, 0.717) is 11.1 Å². The van der Waals surface area contributed by atoms with Crippen molar-refractivity contribution in [1.29, 1.82) is 0 Å². The fraction of sp³-hybridized carbons (Fsp3) is 0.400. The van der Waals surface area contributed by atoms with E-state index in [4.69, 9.17) is 11.6 Å². The van der Waals surface area contributed by atoms with E-state index in [9.17, 15) is 5.11 Å². The van der Waals surface area contributed by atoms with Crippen molar-refractivity contribution in [3.05, 3.63) is 41.7 Å². The molecule has 1 saturated carbocycles. The number of aromatic nitrogens is 2. The second kappa shape index (κ2) is 5.85. The molecule has 5 heteroatoms. The zero-order valence-corrected chi connectivity index (χ0v) is 11.9. The van der Waals surface area contributed by atoms with Crippen molar-refractivity contribution in [2.75, 3.05) is 5.32 Å². The minimum atomic E-state index is -0.141. The van der Waals surface area contributed by atoms with Crippen molar-refractivity contribution >= 4 is 17.3 Å². The van der Waals surface area contributed by atoms with Crippen LogP contribution >= 0.6 is 11.6 Å². The number of aliphatic hydroxyl groups excluding tert-OH is 1. The molecule has 1 aliphatic carbocycles. The van der Waals surface area contributed by atoms with Crippen LogP contribution in [-0.4, -0.2) is 27.0 Å². The summed E-state index contributed by atoms with van der Waals surface area (Å²) in [6.45, 7) is 0. The lowest BCUT2D eigenvalue weighted by molar-refractivity contribution is 0.126. The van der Waals surface area contributed by atoms with E-state index in [1.807, 2.05) is 30.5 Å². The summed E-state index contributed by atoms with van der Waals surface area (Å²) in [5.41, 5.74) is 1.87. The lowest BCUT2D eigenvalue weighted by Crippen LogP contribution is -2.28. The van der Waals surface area contributed by atoms with E-state index >= 15 is 0 Å². The van der Waals surface area contributed by atoms with Gasteiger partial charge in [0.05, 0.1) is 16.8 Å². The number of rotatable bonds is 3. The Morgan fingerprint density at radius 1 is 1.20 bits per heavy atom. The molecule has 1 fully saturated rings. The maximum Gasteiger partial charge on any atom is 0.106 e. The molecule has 0 atom stereocenters. The van der Waals surface area contributed by atoms with Gasteiger partial charge < -0.3 is 10.4 Å². The van der Waals surface area contributed by atoms with Crippen LogP contribution < -0.4 is 5.32 Å². The first-order chi connectivity index (χ1) is 9.74. The first-order valence-electron chi connectivity index (χ1n) is 6.97. The third-order valence-corrected chi connectivity index (χ3v) is 4.08. The van der Waals surface area contributed by atoms with Crippen LogP contribution in [0.1, 0.15) is 25.7 Å². The van der Waals surface area contributed by atoms with E-state index in [-0.39, 0.29) is 6.10 Å². The number of anilines is 1. The molecule has 1 aliphatic rings. The van der Waals surface area contributed by atoms with Crippen molar-refractivity contribution in [3.8, 4) is 5.69 Å². The summed E-state index contributed by atoms with van der Waals surface area (Å²) in [5, 5.41) is 18.1. The smallest absolute Gasteiger partial charge is 0.106 e. The largest absolute Gasteiger partial charge is 0.393 e. The molecular weight excluding hydrogens is 274 g/mol. The number of nitrogens with one attached hydrogen (secondary N) is 1. The second-order valence-corrected chi connectivity index (χ2v) is 5.64. The molecular formula is C15H18ClN3O. The Labute approximate surface area is 123 Å². The summed E-state index contributed by atoms with van der Waals surface area (Å²) in [6.07, 6.45) is 7.16. The molecule has 0 bridgehead atoms. The molecule has 2 N–H and O–H groups in total. The van der Waals surface area contributed by atoms with Gasteiger partial charge in [-0.25, -0.2) is 4.68 Å². The van der Waals surface area contributed by atoms with Crippen LogP contribution in [0.15, 0.2) is 36.7 Å². The zero-order chi connectivity index (χ0) is 13.9. The number of hydrogen-bond donors (Lipinski definition) is 2. The average molecular weight is 292 g/mol. The number of halogens is 1. The molecule has 0 radical (unpaired) electrons. The van der Waals surface area contributed by atoms with Crippen LogP contribution in [-0.2, 0) is 0 Å². The Hall–Kier alpha value is -1.52. The van der Waals surface area contributed by atoms with Gasteiger partial charge in [-0.05, 0) is 43.9 Å². The van der Waals surface area contributed by atoms with E-state index in [0.717, 1.165) is 37.1 Å². The topological polar surface area (TPSA) is 50.1 Å². The minimum absolute atomic E-state index is 0.141. The predicted octanol–water partition coefficient (Wildman–Crippen LogP) is 3.24. The van der Waals surface area contributed by atoms with Gasteiger partial charge >= 0.3 is 0 Å². The van der Waals surface area contributed by atoms with E-state index in [1.54, 1.807) is 10.9 Å². The highest BCUT2D eigenvalue weighted by molar-refractivity contribution is 6.33. The Morgan fingerprint density at radius 3 is 2.70 bits per heavy atom.